The van der Waals surface area contributed by atoms with E-state index in [1.54, 1.807) is 6.07 Å². The van der Waals surface area contributed by atoms with Crippen molar-refractivity contribution < 1.29 is 14.7 Å². The molecule has 6 nitrogen and oxygen atoms in total. The summed E-state index contributed by atoms with van der Waals surface area (Å²) in [5.41, 5.74) is -0.328. The molecule has 0 bridgehead atoms. The number of aliphatic carboxylic acids is 1. The molecule has 1 rings (SSSR count). The second-order valence-corrected chi connectivity index (χ2v) is 4.69. The minimum absolute atomic E-state index is 0.119. The molecule has 0 spiro atoms. The number of aromatic nitrogens is 1. The second-order valence-electron chi connectivity index (χ2n) is 3.77. The summed E-state index contributed by atoms with van der Waals surface area (Å²) in [7, 11) is 0. The number of carbonyl (C=O) groups is 2. The molecular weight excluding hydrogens is 316 g/mol. The first-order valence-electron chi connectivity index (χ1n) is 5.40. The van der Waals surface area contributed by atoms with Crippen LogP contribution < -0.4 is 5.56 Å². The average molecular weight is 329 g/mol. The predicted octanol–water partition coefficient (Wildman–Crippen LogP) is 0.710. The van der Waals surface area contributed by atoms with Gasteiger partial charge in [-0.15, -0.1) is 6.58 Å². The van der Waals surface area contributed by atoms with Crippen LogP contribution in [-0.2, 0) is 16.1 Å². The van der Waals surface area contributed by atoms with E-state index >= 15 is 0 Å². The topological polar surface area (TPSA) is 79.6 Å². The Balaban J connectivity index is 2.86. The number of amides is 1. The Kier molecular flexibility index (Phi) is 5.50. The van der Waals surface area contributed by atoms with Crippen molar-refractivity contribution >= 4 is 27.8 Å². The van der Waals surface area contributed by atoms with Crippen molar-refractivity contribution in [1.82, 2.24) is 9.47 Å². The Hall–Kier alpha value is -1.89. The zero-order valence-electron chi connectivity index (χ0n) is 10.1. The molecule has 19 heavy (non-hydrogen) atoms. The Morgan fingerprint density at radius 3 is 2.74 bits per heavy atom. The highest BCUT2D eigenvalue weighted by Crippen LogP contribution is 2.05. The van der Waals surface area contributed by atoms with Crippen LogP contribution in [0.3, 0.4) is 0 Å². The summed E-state index contributed by atoms with van der Waals surface area (Å²) in [6, 6.07) is 2.90. The molecule has 0 aromatic carbocycles. The highest BCUT2D eigenvalue weighted by molar-refractivity contribution is 9.10. The Labute approximate surface area is 118 Å². The Morgan fingerprint density at radius 2 is 2.16 bits per heavy atom. The van der Waals surface area contributed by atoms with Gasteiger partial charge in [0.15, 0.2) is 0 Å². The van der Waals surface area contributed by atoms with Gasteiger partial charge in [-0.2, -0.15) is 0 Å². The maximum Gasteiger partial charge on any atom is 0.323 e. The maximum atomic E-state index is 11.9. The van der Waals surface area contributed by atoms with Crippen LogP contribution in [0.4, 0.5) is 0 Å². The van der Waals surface area contributed by atoms with Crippen LogP contribution in [0, 0.1) is 0 Å². The largest absolute Gasteiger partial charge is 0.480 e. The van der Waals surface area contributed by atoms with Crippen molar-refractivity contribution in [3.8, 4) is 0 Å². The molecule has 1 N–H and O–H groups in total. The van der Waals surface area contributed by atoms with Gasteiger partial charge in [0.1, 0.15) is 13.1 Å². The van der Waals surface area contributed by atoms with Crippen LogP contribution in [-0.4, -0.2) is 39.5 Å². The van der Waals surface area contributed by atoms with Crippen LogP contribution >= 0.6 is 15.9 Å². The maximum absolute atomic E-state index is 11.9. The molecule has 0 saturated heterocycles. The highest BCUT2D eigenvalue weighted by atomic mass is 79.9. The lowest BCUT2D eigenvalue weighted by Gasteiger charge is -2.19. The van der Waals surface area contributed by atoms with Crippen molar-refractivity contribution in [2.24, 2.45) is 0 Å². The average Bonchev–Trinajstić information content (AvgIpc) is 2.32. The van der Waals surface area contributed by atoms with Gasteiger partial charge >= 0.3 is 5.97 Å². The molecule has 0 atom stereocenters. The predicted molar refractivity (Wildman–Crippen MR) is 72.8 cm³/mol. The number of carboxylic acids is 1. The number of carbonyl (C=O) groups excluding carboxylic acids is 1. The van der Waals surface area contributed by atoms with Gasteiger partial charge in [0.25, 0.3) is 5.56 Å². The van der Waals surface area contributed by atoms with Crippen LogP contribution in [0.5, 0.6) is 0 Å². The van der Waals surface area contributed by atoms with Gasteiger partial charge in [0.2, 0.25) is 5.91 Å². The van der Waals surface area contributed by atoms with E-state index < -0.39 is 18.4 Å². The fraction of sp³-hybridized carbons (Fsp3) is 0.250. The van der Waals surface area contributed by atoms with Crippen LogP contribution in [0.15, 0.2) is 40.3 Å². The fourth-order valence-electron chi connectivity index (χ4n) is 1.45. The number of carboxylic acid groups (broad SMARTS) is 1. The number of hydrogen-bond donors (Lipinski definition) is 1. The zero-order chi connectivity index (χ0) is 14.4. The quantitative estimate of drug-likeness (QED) is 0.780. The van der Waals surface area contributed by atoms with E-state index in [-0.39, 0.29) is 18.6 Å². The smallest absolute Gasteiger partial charge is 0.323 e. The van der Waals surface area contributed by atoms with Crippen LogP contribution in [0.1, 0.15) is 0 Å². The fourth-order valence-corrected chi connectivity index (χ4v) is 1.82. The SMILES string of the molecule is C=CCN(CC(=O)O)C(=O)Cn1cc(Br)ccc1=O. The van der Waals surface area contributed by atoms with Gasteiger partial charge < -0.3 is 14.6 Å². The first-order valence-corrected chi connectivity index (χ1v) is 6.20. The molecule has 0 aliphatic carbocycles. The third-order valence-electron chi connectivity index (χ3n) is 2.28. The number of halogens is 1. The summed E-state index contributed by atoms with van der Waals surface area (Å²) in [5, 5.41) is 8.72. The monoisotopic (exact) mass is 328 g/mol. The Morgan fingerprint density at radius 1 is 1.47 bits per heavy atom. The number of pyridine rings is 1. The zero-order valence-corrected chi connectivity index (χ0v) is 11.7. The van der Waals surface area contributed by atoms with Crippen molar-refractivity contribution in [3.05, 3.63) is 45.8 Å². The molecular formula is C12H13BrN2O4. The molecule has 0 radical (unpaired) electrons. The molecule has 1 aromatic heterocycles. The molecule has 0 saturated carbocycles. The van der Waals surface area contributed by atoms with E-state index in [0.717, 1.165) is 4.90 Å². The van der Waals surface area contributed by atoms with E-state index in [4.69, 9.17) is 5.11 Å². The molecule has 1 amide bonds. The highest BCUT2D eigenvalue weighted by Gasteiger charge is 2.16. The lowest BCUT2D eigenvalue weighted by molar-refractivity contribution is -0.144. The van der Waals surface area contributed by atoms with Crippen LogP contribution in [0.25, 0.3) is 0 Å². The molecule has 7 heteroatoms. The minimum atomic E-state index is -1.11. The number of hydrogen-bond acceptors (Lipinski definition) is 3. The van der Waals surface area contributed by atoms with Crippen molar-refractivity contribution in [3.63, 3.8) is 0 Å². The summed E-state index contributed by atoms with van der Waals surface area (Å²) < 4.78 is 1.87. The first-order chi connectivity index (χ1) is 8.93. The summed E-state index contributed by atoms with van der Waals surface area (Å²) in [4.78, 5) is 35.3. The Bertz CT molecular complexity index is 553. The van der Waals surface area contributed by atoms with E-state index in [9.17, 15) is 14.4 Å². The van der Waals surface area contributed by atoms with E-state index in [1.807, 2.05) is 0 Å². The lowest BCUT2D eigenvalue weighted by Crippen LogP contribution is -2.39. The van der Waals surface area contributed by atoms with Gasteiger partial charge in [-0.1, -0.05) is 6.08 Å². The van der Waals surface area contributed by atoms with Crippen molar-refractivity contribution in [2.75, 3.05) is 13.1 Å². The van der Waals surface area contributed by atoms with E-state index in [2.05, 4.69) is 22.5 Å². The molecule has 0 aliphatic rings. The van der Waals surface area contributed by atoms with Gasteiger partial charge in [0, 0.05) is 23.3 Å². The van der Waals surface area contributed by atoms with E-state index in [1.165, 1.54) is 22.9 Å². The summed E-state index contributed by atoms with van der Waals surface area (Å²) in [5.74, 6) is -1.57. The molecule has 1 heterocycles. The molecule has 0 unspecified atom stereocenters. The molecule has 0 fully saturated rings. The molecule has 0 aliphatic heterocycles. The second kappa shape index (κ2) is 6.89. The third-order valence-corrected chi connectivity index (χ3v) is 2.75. The van der Waals surface area contributed by atoms with Gasteiger partial charge in [-0.25, -0.2) is 0 Å². The number of rotatable bonds is 6. The summed E-state index contributed by atoms with van der Waals surface area (Å²) >= 11 is 3.20. The third kappa shape index (κ3) is 4.70. The van der Waals surface area contributed by atoms with Crippen molar-refractivity contribution in [1.29, 1.82) is 0 Å². The molecule has 102 valence electrons. The van der Waals surface area contributed by atoms with Gasteiger partial charge in [0.05, 0.1) is 0 Å². The van der Waals surface area contributed by atoms with Gasteiger partial charge in [-0.05, 0) is 22.0 Å². The van der Waals surface area contributed by atoms with Gasteiger partial charge in [-0.3, -0.25) is 14.4 Å². The molecule has 1 aromatic rings. The normalized spacial score (nSPS) is 9.95. The summed E-state index contributed by atoms with van der Waals surface area (Å²) in [6.45, 7) is 2.95. The lowest BCUT2D eigenvalue weighted by atomic mass is 10.4. The summed E-state index contributed by atoms with van der Waals surface area (Å²) in [6.07, 6.45) is 2.91. The minimum Gasteiger partial charge on any atom is -0.480 e. The first kappa shape index (κ1) is 15.2. The van der Waals surface area contributed by atoms with Crippen molar-refractivity contribution in [2.45, 2.75) is 6.54 Å². The standard InChI is InChI=1S/C12H13BrN2O4/c1-2-5-14(8-12(18)19)11(17)7-15-6-9(13)3-4-10(15)16/h2-4,6H,1,5,7-8H2,(H,18,19). The van der Waals surface area contributed by atoms with Crippen LogP contribution in [0.2, 0.25) is 0 Å². The number of nitrogens with zero attached hydrogens (tertiary/aromatic N) is 2. The van der Waals surface area contributed by atoms with E-state index in [0.29, 0.717) is 4.47 Å².